The van der Waals surface area contributed by atoms with Crippen LogP contribution in [0.4, 0.5) is 13.2 Å². The van der Waals surface area contributed by atoms with E-state index in [1.165, 1.54) is 6.92 Å². The fourth-order valence-electron chi connectivity index (χ4n) is 0.919. The first-order chi connectivity index (χ1) is 6.00. The van der Waals surface area contributed by atoms with E-state index in [-0.39, 0.29) is 12.8 Å². The van der Waals surface area contributed by atoms with Crippen LogP contribution in [-0.2, 0) is 12.7 Å². The first-order valence-electron chi connectivity index (χ1n) is 3.46. The van der Waals surface area contributed by atoms with Gasteiger partial charge in [-0.15, -0.1) is 5.10 Å². The maximum absolute atomic E-state index is 12.3. The lowest BCUT2D eigenvalue weighted by Gasteiger charge is -2.07. The van der Waals surface area contributed by atoms with Crippen molar-refractivity contribution in [1.82, 2.24) is 15.0 Å². The van der Waals surface area contributed by atoms with Gasteiger partial charge in [0.2, 0.25) is 0 Å². The second kappa shape index (κ2) is 3.15. The van der Waals surface area contributed by atoms with Crippen LogP contribution in [0, 0.1) is 0 Å². The molecule has 0 aliphatic carbocycles. The topological polar surface area (TPSA) is 47.8 Å². The number of aryl methyl sites for hydroxylation is 1. The normalized spacial score (nSPS) is 11.7. The van der Waals surface area contributed by atoms with Gasteiger partial charge in [0.05, 0.1) is 0 Å². The molecule has 0 fully saturated rings. The summed E-state index contributed by atoms with van der Waals surface area (Å²) in [5.74, 6) is 0. The van der Waals surface area contributed by atoms with Crippen LogP contribution in [0.25, 0.3) is 0 Å². The molecule has 4 nitrogen and oxygen atoms in total. The predicted molar refractivity (Wildman–Crippen MR) is 36.1 cm³/mol. The zero-order valence-electron chi connectivity index (χ0n) is 6.67. The highest BCUT2D eigenvalue weighted by Crippen LogP contribution is 2.30. The van der Waals surface area contributed by atoms with Gasteiger partial charge in [0.15, 0.2) is 17.7 Å². The smallest absolute Gasteiger partial charge is 0.296 e. The van der Waals surface area contributed by atoms with Crippen molar-refractivity contribution < 1.29 is 18.0 Å². The summed E-state index contributed by atoms with van der Waals surface area (Å²) in [5, 5.41) is 6.28. The summed E-state index contributed by atoms with van der Waals surface area (Å²) >= 11 is 0. The molecule has 13 heavy (non-hydrogen) atoms. The molecule has 0 aliphatic heterocycles. The standard InChI is InChI=1S/C6H6F3N3O/c1-2-12-5(6(7,8)9)4(3-13)10-11-12/h3H,2H2,1H3. The van der Waals surface area contributed by atoms with Gasteiger partial charge in [-0.25, -0.2) is 4.68 Å². The van der Waals surface area contributed by atoms with Crippen molar-refractivity contribution in [3.8, 4) is 0 Å². The number of hydrogen-bond donors (Lipinski definition) is 0. The van der Waals surface area contributed by atoms with Crippen LogP contribution in [0.1, 0.15) is 23.1 Å². The Morgan fingerprint density at radius 2 is 2.15 bits per heavy atom. The van der Waals surface area contributed by atoms with Crippen molar-refractivity contribution in [1.29, 1.82) is 0 Å². The average Bonchev–Trinajstić information content (AvgIpc) is 2.45. The van der Waals surface area contributed by atoms with Crippen molar-refractivity contribution in [2.24, 2.45) is 0 Å². The van der Waals surface area contributed by atoms with Gasteiger partial charge in [-0.2, -0.15) is 13.2 Å². The molecule has 0 atom stereocenters. The number of hydrogen-bond acceptors (Lipinski definition) is 3. The zero-order chi connectivity index (χ0) is 10.1. The Kier molecular flexibility index (Phi) is 2.35. The van der Waals surface area contributed by atoms with Crippen molar-refractivity contribution in [2.45, 2.75) is 19.6 Å². The Morgan fingerprint density at radius 1 is 1.54 bits per heavy atom. The Morgan fingerprint density at radius 3 is 2.54 bits per heavy atom. The van der Waals surface area contributed by atoms with E-state index in [0.29, 0.717) is 4.68 Å². The van der Waals surface area contributed by atoms with Gasteiger partial charge < -0.3 is 0 Å². The second-order valence-corrected chi connectivity index (χ2v) is 2.25. The Bertz CT molecular complexity index is 317. The number of aldehydes is 1. The Hall–Kier alpha value is -1.40. The van der Waals surface area contributed by atoms with Crippen molar-refractivity contribution >= 4 is 6.29 Å². The lowest BCUT2D eigenvalue weighted by Crippen LogP contribution is -2.15. The second-order valence-electron chi connectivity index (χ2n) is 2.25. The molecule has 0 aromatic carbocycles. The summed E-state index contributed by atoms with van der Waals surface area (Å²) < 4.78 is 37.4. The maximum Gasteiger partial charge on any atom is 0.435 e. The summed E-state index contributed by atoms with van der Waals surface area (Å²) in [6, 6.07) is 0. The number of carbonyl (C=O) groups excluding carboxylic acids is 1. The van der Waals surface area contributed by atoms with Gasteiger partial charge in [0.25, 0.3) is 0 Å². The van der Waals surface area contributed by atoms with Crippen LogP contribution in [-0.4, -0.2) is 21.3 Å². The SMILES string of the molecule is CCn1nnc(C=O)c1C(F)(F)F. The van der Waals surface area contributed by atoms with E-state index in [4.69, 9.17) is 0 Å². The minimum Gasteiger partial charge on any atom is -0.296 e. The van der Waals surface area contributed by atoms with Gasteiger partial charge in [-0.3, -0.25) is 4.79 Å². The lowest BCUT2D eigenvalue weighted by atomic mass is 10.3. The summed E-state index contributed by atoms with van der Waals surface area (Å²) in [6.07, 6.45) is -4.54. The molecule has 0 radical (unpaired) electrons. The van der Waals surface area contributed by atoms with Gasteiger partial charge >= 0.3 is 6.18 Å². The first kappa shape index (κ1) is 9.69. The summed E-state index contributed by atoms with van der Waals surface area (Å²) in [6.45, 7) is 1.51. The fourth-order valence-corrected chi connectivity index (χ4v) is 0.919. The largest absolute Gasteiger partial charge is 0.435 e. The maximum atomic E-state index is 12.3. The van der Waals surface area contributed by atoms with Crippen LogP contribution in [0.5, 0.6) is 0 Å². The van der Waals surface area contributed by atoms with Crippen molar-refractivity contribution in [3.63, 3.8) is 0 Å². The van der Waals surface area contributed by atoms with Crippen LogP contribution in [0.15, 0.2) is 0 Å². The number of aromatic nitrogens is 3. The molecule has 72 valence electrons. The molecule has 7 heteroatoms. The molecule has 1 aromatic heterocycles. The number of rotatable bonds is 2. The van der Waals surface area contributed by atoms with Crippen LogP contribution in [0.2, 0.25) is 0 Å². The fraction of sp³-hybridized carbons (Fsp3) is 0.500. The molecule has 0 aliphatic rings. The van der Waals surface area contributed by atoms with Crippen LogP contribution in [0.3, 0.4) is 0 Å². The Labute approximate surface area is 71.3 Å². The lowest BCUT2D eigenvalue weighted by molar-refractivity contribution is -0.144. The highest BCUT2D eigenvalue weighted by atomic mass is 19.4. The minimum absolute atomic E-state index is 0.0235. The molecule has 0 N–H and O–H groups in total. The third-order valence-corrected chi connectivity index (χ3v) is 1.44. The zero-order valence-corrected chi connectivity index (χ0v) is 6.67. The van der Waals surface area contributed by atoms with E-state index in [9.17, 15) is 18.0 Å². The average molecular weight is 193 g/mol. The highest BCUT2D eigenvalue weighted by molar-refractivity contribution is 5.73. The monoisotopic (exact) mass is 193 g/mol. The molecule has 0 amide bonds. The molecule has 0 spiro atoms. The van der Waals surface area contributed by atoms with E-state index in [1.807, 2.05) is 0 Å². The van der Waals surface area contributed by atoms with Crippen LogP contribution < -0.4 is 0 Å². The minimum atomic E-state index is -4.59. The van der Waals surface area contributed by atoms with E-state index in [2.05, 4.69) is 10.3 Å². The molecule has 1 aromatic rings. The molecular weight excluding hydrogens is 187 g/mol. The number of nitrogens with zero attached hydrogens (tertiary/aromatic N) is 3. The highest BCUT2D eigenvalue weighted by Gasteiger charge is 2.38. The van der Waals surface area contributed by atoms with Gasteiger partial charge in [-0.05, 0) is 6.92 Å². The van der Waals surface area contributed by atoms with Gasteiger partial charge in [0.1, 0.15) is 0 Å². The molecule has 0 unspecified atom stereocenters. The molecule has 0 bridgehead atoms. The number of halogens is 3. The molecule has 0 saturated carbocycles. The van der Waals surface area contributed by atoms with E-state index in [1.54, 1.807) is 0 Å². The summed E-state index contributed by atoms with van der Waals surface area (Å²) in [5.41, 5.74) is -1.76. The van der Waals surface area contributed by atoms with Gasteiger partial charge in [-0.1, -0.05) is 5.21 Å². The van der Waals surface area contributed by atoms with Crippen molar-refractivity contribution in [2.75, 3.05) is 0 Å². The molecule has 1 heterocycles. The first-order valence-corrected chi connectivity index (χ1v) is 3.46. The third kappa shape index (κ3) is 1.68. The number of alkyl halides is 3. The van der Waals surface area contributed by atoms with Crippen LogP contribution >= 0.6 is 0 Å². The quantitative estimate of drug-likeness (QED) is 0.661. The summed E-state index contributed by atoms with van der Waals surface area (Å²) in [4.78, 5) is 10.2. The molecule has 0 saturated heterocycles. The predicted octanol–water partition coefficient (Wildman–Crippen LogP) is 1.13. The van der Waals surface area contributed by atoms with E-state index >= 15 is 0 Å². The van der Waals surface area contributed by atoms with E-state index < -0.39 is 17.6 Å². The molecular formula is C6H6F3N3O. The van der Waals surface area contributed by atoms with Crippen molar-refractivity contribution in [3.05, 3.63) is 11.4 Å². The van der Waals surface area contributed by atoms with E-state index in [0.717, 1.165) is 0 Å². The molecule has 1 rings (SSSR count). The number of carbonyl (C=O) groups is 1. The third-order valence-electron chi connectivity index (χ3n) is 1.44. The summed E-state index contributed by atoms with van der Waals surface area (Å²) in [7, 11) is 0. The van der Waals surface area contributed by atoms with Gasteiger partial charge in [0, 0.05) is 6.54 Å². The Balaban J connectivity index is 3.28.